The van der Waals surface area contributed by atoms with Gasteiger partial charge in [-0.3, -0.25) is 4.79 Å². The molecule has 0 fully saturated rings. The summed E-state index contributed by atoms with van der Waals surface area (Å²) in [6, 6.07) is 16.0. The van der Waals surface area contributed by atoms with Crippen LogP contribution in [0.3, 0.4) is 0 Å². The van der Waals surface area contributed by atoms with Crippen molar-refractivity contribution in [2.24, 2.45) is 0 Å². The first-order valence-corrected chi connectivity index (χ1v) is 11.8. The van der Waals surface area contributed by atoms with Gasteiger partial charge in [0.2, 0.25) is 5.91 Å². The highest BCUT2D eigenvalue weighted by Gasteiger charge is 2.33. The van der Waals surface area contributed by atoms with Crippen LogP contribution >= 0.6 is 11.3 Å². The number of fused-ring (bicyclic) bond motifs is 1. The van der Waals surface area contributed by atoms with Crippen LogP contribution in [0.2, 0.25) is 0 Å². The van der Waals surface area contributed by atoms with Gasteiger partial charge in [-0.1, -0.05) is 25.1 Å². The lowest BCUT2D eigenvalue weighted by molar-refractivity contribution is -0.134. The summed E-state index contributed by atoms with van der Waals surface area (Å²) >= 11 is 1.61. The minimum absolute atomic E-state index is 0.114. The van der Waals surface area contributed by atoms with E-state index >= 15 is 0 Å². The fraction of sp³-hybridized carbons (Fsp3) is 0.346. The molecule has 6 heteroatoms. The average Bonchev–Trinajstić information content (AvgIpc) is 3.34. The molecule has 0 bridgehead atoms. The Bertz CT molecular complexity index is 1050. The summed E-state index contributed by atoms with van der Waals surface area (Å²) in [6.45, 7) is 3.16. The molecule has 4 rings (SSSR count). The fourth-order valence-electron chi connectivity index (χ4n) is 4.17. The van der Waals surface area contributed by atoms with Crippen molar-refractivity contribution < 1.29 is 19.0 Å². The molecule has 1 aromatic heterocycles. The highest BCUT2D eigenvalue weighted by atomic mass is 32.1. The molecule has 0 aliphatic carbocycles. The maximum absolute atomic E-state index is 13.3. The Morgan fingerprint density at radius 1 is 1.09 bits per heavy atom. The first kappa shape index (κ1) is 22.2. The second kappa shape index (κ2) is 10.1. The number of carbonyl (C=O) groups is 1. The molecule has 5 nitrogen and oxygen atoms in total. The number of benzene rings is 2. The zero-order valence-electron chi connectivity index (χ0n) is 18.8. The van der Waals surface area contributed by atoms with Crippen LogP contribution < -0.4 is 14.2 Å². The molecule has 2 aromatic carbocycles. The minimum Gasteiger partial charge on any atom is -0.493 e. The van der Waals surface area contributed by atoms with E-state index in [1.807, 2.05) is 46.7 Å². The number of hydrogen-bond donors (Lipinski definition) is 0. The van der Waals surface area contributed by atoms with Gasteiger partial charge in [0.25, 0.3) is 0 Å². The van der Waals surface area contributed by atoms with E-state index in [2.05, 4.69) is 19.1 Å². The lowest BCUT2D eigenvalue weighted by Gasteiger charge is -2.37. The van der Waals surface area contributed by atoms with Gasteiger partial charge in [0.1, 0.15) is 12.4 Å². The quantitative estimate of drug-likeness (QED) is 0.479. The molecule has 0 saturated carbocycles. The predicted molar refractivity (Wildman–Crippen MR) is 127 cm³/mol. The van der Waals surface area contributed by atoms with Crippen LogP contribution in [0.1, 0.15) is 34.5 Å². The molecule has 2 heterocycles. The van der Waals surface area contributed by atoms with Crippen molar-refractivity contribution >= 4 is 17.2 Å². The van der Waals surface area contributed by atoms with Crippen molar-refractivity contribution in [1.82, 2.24) is 4.90 Å². The van der Waals surface area contributed by atoms with E-state index in [1.165, 1.54) is 5.56 Å². The summed E-state index contributed by atoms with van der Waals surface area (Å²) in [5, 5.41) is 2.01. The maximum Gasteiger partial charge on any atom is 0.228 e. The number of hydrogen-bond acceptors (Lipinski definition) is 5. The molecule has 0 saturated heterocycles. The second-order valence-electron chi connectivity index (χ2n) is 7.82. The Morgan fingerprint density at radius 2 is 1.84 bits per heavy atom. The molecule has 1 amide bonds. The van der Waals surface area contributed by atoms with Gasteiger partial charge in [-0.15, -0.1) is 11.3 Å². The smallest absolute Gasteiger partial charge is 0.228 e. The van der Waals surface area contributed by atoms with E-state index in [1.54, 1.807) is 25.6 Å². The first-order valence-electron chi connectivity index (χ1n) is 10.9. The fourth-order valence-corrected chi connectivity index (χ4v) is 4.86. The number of methoxy groups -OCH3 is 2. The first-order chi connectivity index (χ1) is 15.6. The third-order valence-corrected chi connectivity index (χ3v) is 6.84. The molecule has 0 N–H and O–H groups in total. The number of carbonyl (C=O) groups excluding carboxylic acids is 1. The second-order valence-corrected chi connectivity index (χ2v) is 8.86. The molecule has 3 aromatic rings. The maximum atomic E-state index is 13.3. The van der Waals surface area contributed by atoms with Crippen molar-refractivity contribution in [3.05, 3.63) is 75.5 Å². The van der Waals surface area contributed by atoms with Crippen molar-refractivity contribution in [1.29, 1.82) is 0 Å². The molecule has 168 valence electrons. The molecule has 1 aliphatic heterocycles. The molecular formula is C26H29NO4S. The van der Waals surface area contributed by atoms with E-state index in [0.29, 0.717) is 31.1 Å². The third-order valence-electron chi connectivity index (χ3n) is 5.97. The van der Waals surface area contributed by atoms with Gasteiger partial charge in [0.05, 0.1) is 26.7 Å². The minimum atomic E-state index is -0.197. The normalized spacial score (nSPS) is 15.2. The molecule has 1 atom stereocenters. The number of amides is 1. The summed E-state index contributed by atoms with van der Waals surface area (Å²) in [5.74, 6) is 2.29. The molecule has 0 radical (unpaired) electrons. The van der Waals surface area contributed by atoms with Gasteiger partial charge in [-0.2, -0.15) is 0 Å². The van der Waals surface area contributed by atoms with Crippen LogP contribution in [0.4, 0.5) is 0 Å². The summed E-state index contributed by atoms with van der Waals surface area (Å²) in [4.78, 5) is 16.3. The van der Waals surface area contributed by atoms with Crippen molar-refractivity contribution in [2.45, 2.75) is 32.2 Å². The Morgan fingerprint density at radius 3 is 2.50 bits per heavy atom. The zero-order valence-corrected chi connectivity index (χ0v) is 19.6. The SMILES string of the molecule is CCc1ccc(OCC2c3cc(OC)c(OC)cc3CCN2C(=O)Cc2cccs2)cc1. The Balaban J connectivity index is 1.63. The van der Waals surface area contributed by atoms with Crippen LogP contribution in [0.15, 0.2) is 53.9 Å². The van der Waals surface area contributed by atoms with Crippen LogP contribution in [0, 0.1) is 0 Å². The lowest BCUT2D eigenvalue weighted by atomic mass is 9.91. The van der Waals surface area contributed by atoms with Crippen LogP contribution in [0.5, 0.6) is 17.2 Å². The Kier molecular flexibility index (Phi) is 7.00. The zero-order chi connectivity index (χ0) is 22.5. The molecule has 1 aliphatic rings. The van der Waals surface area contributed by atoms with E-state index in [-0.39, 0.29) is 11.9 Å². The number of nitrogens with zero attached hydrogens (tertiary/aromatic N) is 1. The number of aryl methyl sites for hydroxylation is 1. The third kappa shape index (κ3) is 4.75. The highest BCUT2D eigenvalue weighted by Crippen LogP contribution is 2.38. The van der Waals surface area contributed by atoms with Crippen LogP contribution in [-0.4, -0.2) is 38.2 Å². The van der Waals surface area contributed by atoms with Crippen molar-refractivity contribution in [3.8, 4) is 17.2 Å². The molecule has 0 spiro atoms. The van der Waals surface area contributed by atoms with Gasteiger partial charge in [-0.05, 0) is 65.2 Å². The van der Waals surface area contributed by atoms with Gasteiger partial charge in [0, 0.05) is 11.4 Å². The number of thiophene rings is 1. The summed E-state index contributed by atoms with van der Waals surface area (Å²) in [5.41, 5.74) is 3.49. The van der Waals surface area contributed by atoms with Crippen LogP contribution in [0.25, 0.3) is 0 Å². The highest BCUT2D eigenvalue weighted by molar-refractivity contribution is 7.10. The Hall–Kier alpha value is -2.99. The van der Waals surface area contributed by atoms with Gasteiger partial charge in [0.15, 0.2) is 11.5 Å². The predicted octanol–water partition coefficient (Wildman–Crippen LogP) is 5.08. The van der Waals surface area contributed by atoms with Crippen LogP contribution in [-0.2, 0) is 24.1 Å². The molecule has 32 heavy (non-hydrogen) atoms. The standard InChI is InChI=1S/C26H29NO4S/c1-4-18-7-9-20(10-8-18)31-17-23-22-16-25(30-3)24(29-2)14-19(22)11-12-27(23)26(28)15-21-6-5-13-32-21/h5-10,13-14,16,23H,4,11-12,15,17H2,1-3H3. The lowest BCUT2D eigenvalue weighted by Crippen LogP contribution is -2.43. The Labute approximate surface area is 193 Å². The van der Waals surface area contributed by atoms with Crippen molar-refractivity contribution in [3.63, 3.8) is 0 Å². The van der Waals surface area contributed by atoms with E-state index in [4.69, 9.17) is 14.2 Å². The van der Waals surface area contributed by atoms with E-state index in [9.17, 15) is 4.79 Å². The van der Waals surface area contributed by atoms with Gasteiger partial charge < -0.3 is 19.1 Å². The molecular weight excluding hydrogens is 422 g/mol. The largest absolute Gasteiger partial charge is 0.493 e. The topological polar surface area (TPSA) is 48.0 Å². The number of rotatable bonds is 8. The van der Waals surface area contributed by atoms with E-state index < -0.39 is 0 Å². The monoisotopic (exact) mass is 451 g/mol. The summed E-state index contributed by atoms with van der Waals surface area (Å²) in [6.07, 6.45) is 2.17. The summed E-state index contributed by atoms with van der Waals surface area (Å²) in [7, 11) is 3.28. The van der Waals surface area contributed by atoms with Crippen molar-refractivity contribution in [2.75, 3.05) is 27.4 Å². The van der Waals surface area contributed by atoms with E-state index in [0.717, 1.165) is 34.6 Å². The number of ether oxygens (including phenoxy) is 3. The van der Waals surface area contributed by atoms with Gasteiger partial charge in [-0.25, -0.2) is 0 Å². The molecule has 1 unspecified atom stereocenters. The summed E-state index contributed by atoms with van der Waals surface area (Å²) < 4.78 is 17.2. The van der Waals surface area contributed by atoms with Gasteiger partial charge >= 0.3 is 0 Å². The average molecular weight is 452 g/mol.